The maximum atomic E-state index is 12.0. The van der Waals surface area contributed by atoms with Gasteiger partial charge in [0.25, 0.3) is 0 Å². The lowest BCUT2D eigenvalue weighted by atomic mass is 10.3. The van der Waals surface area contributed by atoms with Crippen LogP contribution in [0.1, 0.15) is 10.7 Å². The average Bonchev–Trinajstić information content (AvgIpc) is 3.09. The molecule has 25 heavy (non-hydrogen) atoms. The molecule has 1 fully saturated rings. The van der Waals surface area contributed by atoms with Gasteiger partial charge < -0.3 is 14.8 Å². The van der Waals surface area contributed by atoms with E-state index in [9.17, 15) is 4.79 Å². The van der Waals surface area contributed by atoms with E-state index >= 15 is 0 Å². The molecule has 1 N–H and O–H groups in total. The van der Waals surface area contributed by atoms with Gasteiger partial charge in [-0.3, -0.25) is 14.7 Å². The van der Waals surface area contributed by atoms with Crippen LogP contribution in [0.15, 0.2) is 29.9 Å². The number of nitrogens with one attached hydrogen (secondary N) is 1. The van der Waals surface area contributed by atoms with Gasteiger partial charge in [0.2, 0.25) is 5.91 Å². The number of nitrogens with zero attached hydrogens (tertiary/aromatic N) is 3. The fourth-order valence-corrected chi connectivity index (χ4v) is 3.18. The Balaban J connectivity index is 1.36. The Bertz CT molecular complexity index is 659. The highest BCUT2D eigenvalue weighted by atomic mass is 32.1. The van der Waals surface area contributed by atoms with Gasteiger partial charge >= 0.3 is 0 Å². The zero-order valence-corrected chi connectivity index (χ0v) is 14.8. The smallest absolute Gasteiger partial charge is 0.226 e. The second-order valence-electron chi connectivity index (χ2n) is 5.69. The molecule has 0 spiro atoms. The molecule has 1 amide bonds. The fraction of sp³-hybridized carbons (Fsp3) is 0.471. The lowest BCUT2D eigenvalue weighted by molar-refractivity contribution is -0.120. The van der Waals surface area contributed by atoms with Crippen LogP contribution in [0, 0.1) is 0 Å². The van der Waals surface area contributed by atoms with Gasteiger partial charge in [-0.25, -0.2) is 4.98 Å². The molecule has 1 aliphatic rings. The summed E-state index contributed by atoms with van der Waals surface area (Å²) in [6.07, 6.45) is 3.66. The molecule has 1 saturated heterocycles. The Hall–Kier alpha value is -2.03. The van der Waals surface area contributed by atoms with Crippen LogP contribution in [-0.4, -0.2) is 60.2 Å². The molecule has 1 aliphatic heterocycles. The number of ether oxygens (including phenoxy) is 2. The highest BCUT2D eigenvalue weighted by Crippen LogP contribution is 2.14. The number of rotatable bonds is 8. The first-order chi connectivity index (χ1) is 12.3. The van der Waals surface area contributed by atoms with Gasteiger partial charge in [0, 0.05) is 37.8 Å². The molecule has 0 radical (unpaired) electrons. The Morgan fingerprint density at radius 2 is 2.28 bits per heavy atom. The van der Waals surface area contributed by atoms with Gasteiger partial charge in [0.1, 0.15) is 17.4 Å². The summed E-state index contributed by atoms with van der Waals surface area (Å²) in [5, 5.41) is 5.70. The van der Waals surface area contributed by atoms with E-state index in [-0.39, 0.29) is 5.91 Å². The molecule has 2 aromatic rings. The SMILES string of the molecule is O=C(Cc1csc(COc2cccnc2)n1)NCCN1CCOCC1. The molecule has 8 heteroatoms. The van der Waals surface area contributed by atoms with Crippen LogP contribution < -0.4 is 10.1 Å². The minimum Gasteiger partial charge on any atom is -0.485 e. The Labute approximate surface area is 151 Å². The largest absolute Gasteiger partial charge is 0.485 e. The highest BCUT2D eigenvalue weighted by Gasteiger charge is 2.11. The third-order valence-corrected chi connectivity index (χ3v) is 4.66. The minimum absolute atomic E-state index is 0.00159. The normalized spacial score (nSPS) is 15.0. The zero-order valence-electron chi connectivity index (χ0n) is 14.0. The maximum Gasteiger partial charge on any atom is 0.226 e. The number of hydrogen-bond donors (Lipinski definition) is 1. The maximum absolute atomic E-state index is 12.0. The number of carbonyl (C=O) groups excluding carboxylic acids is 1. The molecule has 3 rings (SSSR count). The van der Waals surface area contributed by atoms with Crippen molar-refractivity contribution >= 4 is 17.2 Å². The van der Waals surface area contributed by atoms with Gasteiger partial charge in [0.05, 0.1) is 31.5 Å². The number of thiazole rings is 1. The molecule has 0 aliphatic carbocycles. The summed E-state index contributed by atoms with van der Waals surface area (Å²) < 4.78 is 10.9. The lowest BCUT2D eigenvalue weighted by Gasteiger charge is -2.26. The van der Waals surface area contributed by atoms with E-state index in [0.29, 0.717) is 25.3 Å². The summed E-state index contributed by atoms with van der Waals surface area (Å²) in [5.41, 5.74) is 0.777. The molecule has 0 bridgehead atoms. The highest BCUT2D eigenvalue weighted by molar-refractivity contribution is 7.09. The monoisotopic (exact) mass is 362 g/mol. The summed E-state index contributed by atoms with van der Waals surface area (Å²) in [6.45, 7) is 5.31. The van der Waals surface area contributed by atoms with E-state index in [1.54, 1.807) is 12.4 Å². The van der Waals surface area contributed by atoms with Crippen molar-refractivity contribution in [3.63, 3.8) is 0 Å². The van der Waals surface area contributed by atoms with Gasteiger partial charge in [-0.15, -0.1) is 11.3 Å². The van der Waals surface area contributed by atoms with Crippen molar-refractivity contribution in [1.29, 1.82) is 0 Å². The quantitative estimate of drug-likeness (QED) is 0.758. The molecule has 7 nitrogen and oxygen atoms in total. The van der Waals surface area contributed by atoms with Crippen LogP contribution >= 0.6 is 11.3 Å². The van der Waals surface area contributed by atoms with E-state index in [1.807, 2.05) is 17.5 Å². The molecule has 0 unspecified atom stereocenters. The van der Waals surface area contributed by atoms with Crippen LogP contribution in [0.25, 0.3) is 0 Å². The molecular formula is C17H22N4O3S. The number of morpholine rings is 1. The van der Waals surface area contributed by atoms with Crippen LogP contribution in [-0.2, 0) is 22.6 Å². The fourth-order valence-electron chi connectivity index (χ4n) is 2.48. The number of hydrogen-bond acceptors (Lipinski definition) is 7. The van der Waals surface area contributed by atoms with Gasteiger partial charge in [-0.1, -0.05) is 0 Å². The van der Waals surface area contributed by atoms with Gasteiger partial charge in [-0.2, -0.15) is 0 Å². The molecule has 0 saturated carbocycles. The summed E-state index contributed by atoms with van der Waals surface area (Å²) >= 11 is 1.50. The summed E-state index contributed by atoms with van der Waals surface area (Å²) in [7, 11) is 0. The standard InChI is InChI=1S/C17H22N4O3S/c22-16(19-4-5-21-6-8-23-9-7-21)10-14-13-25-17(20-14)12-24-15-2-1-3-18-11-15/h1-3,11,13H,4-10,12H2,(H,19,22). The second-order valence-corrected chi connectivity index (χ2v) is 6.63. The third-order valence-electron chi connectivity index (χ3n) is 3.79. The number of amides is 1. The summed E-state index contributed by atoms with van der Waals surface area (Å²) in [6, 6.07) is 3.67. The van der Waals surface area contributed by atoms with E-state index in [4.69, 9.17) is 9.47 Å². The molecule has 134 valence electrons. The first-order valence-electron chi connectivity index (χ1n) is 8.32. The van der Waals surface area contributed by atoms with Gasteiger partial charge in [-0.05, 0) is 12.1 Å². The molecule has 0 aromatic carbocycles. The molecular weight excluding hydrogens is 340 g/mol. The topological polar surface area (TPSA) is 76.6 Å². The van der Waals surface area contributed by atoms with Crippen molar-refractivity contribution in [2.24, 2.45) is 0 Å². The molecule has 3 heterocycles. The Morgan fingerprint density at radius 3 is 3.08 bits per heavy atom. The van der Waals surface area contributed by atoms with Crippen molar-refractivity contribution in [3.8, 4) is 5.75 Å². The van der Waals surface area contributed by atoms with Crippen molar-refractivity contribution in [3.05, 3.63) is 40.6 Å². The Morgan fingerprint density at radius 1 is 1.40 bits per heavy atom. The van der Waals surface area contributed by atoms with E-state index in [0.717, 1.165) is 43.5 Å². The van der Waals surface area contributed by atoms with E-state index < -0.39 is 0 Å². The third kappa shape index (κ3) is 6.08. The van der Waals surface area contributed by atoms with E-state index in [1.165, 1.54) is 11.3 Å². The first-order valence-corrected chi connectivity index (χ1v) is 9.20. The number of pyridine rings is 1. The van der Waals surface area contributed by atoms with Crippen LogP contribution in [0.4, 0.5) is 0 Å². The minimum atomic E-state index is -0.00159. The molecule has 2 aromatic heterocycles. The van der Waals surface area contributed by atoms with Gasteiger partial charge in [0.15, 0.2) is 0 Å². The lowest BCUT2D eigenvalue weighted by Crippen LogP contribution is -2.41. The Kier molecular flexibility index (Phi) is 6.72. The van der Waals surface area contributed by atoms with Crippen molar-refractivity contribution in [2.75, 3.05) is 39.4 Å². The number of carbonyl (C=O) groups is 1. The second kappa shape index (κ2) is 9.45. The summed E-state index contributed by atoms with van der Waals surface area (Å²) in [4.78, 5) is 22.8. The predicted octanol–water partition coefficient (Wildman–Crippen LogP) is 1.11. The van der Waals surface area contributed by atoms with Crippen molar-refractivity contribution in [1.82, 2.24) is 20.2 Å². The van der Waals surface area contributed by atoms with Crippen LogP contribution in [0.5, 0.6) is 5.75 Å². The molecule has 0 atom stereocenters. The van der Waals surface area contributed by atoms with Crippen molar-refractivity contribution in [2.45, 2.75) is 13.0 Å². The first kappa shape index (κ1) is 17.8. The average molecular weight is 362 g/mol. The van der Waals surface area contributed by atoms with Crippen LogP contribution in [0.3, 0.4) is 0 Å². The zero-order chi connectivity index (χ0) is 17.3. The predicted molar refractivity (Wildman–Crippen MR) is 94.7 cm³/mol. The van der Waals surface area contributed by atoms with Crippen molar-refractivity contribution < 1.29 is 14.3 Å². The van der Waals surface area contributed by atoms with E-state index in [2.05, 4.69) is 20.2 Å². The summed E-state index contributed by atoms with van der Waals surface area (Å²) in [5.74, 6) is 0.707. The van der Waals surface area contributed by atoms with Crippen LogP contribution in [0.2, 0.25) is 0 Å². The number of aromatic nitrogens is 2.